The van der Waals surface area contributed by atoms with E-state index in [1.165, 1.54) is 11.3 Å². The molecule has 0 aliphatic rings. The highest BCUT2D eigenvalue weighted by Crippen LogP contribution is 2.23. The summed E-state index contributed by atoms with van der Waals surface area (Å²) in [5, 5.41) is 2.33. The molecule has 0 spiro atoms. The normalized spacial score (nSPS) is 10.1. The summed E-state index contributed by atoms with van der Waals surface area (Å²) in [6.07, 6.45) is 0. The molecule has 0 bridgehead atoms. The molecule has 2 rings (SSSR count). The zero-order valence-corrected chi connectivity index (χ0v) is 10.9. The fourth-order valence-corrected chi connectivity index (χ4v) is 2.10. The van der Waals surface area contributed by atoms with Gasteiger partial charge in [-0.05, 0) is 13.0 Å². The molecule has 2 heterocycles. The van der Waals surface area contributed by atoms with Crippen LogP contribution in [0.25, 0.3) is 10.7 Å². The molecule has 6 heteroatoms. The van der Waals surface area contributed by atoms with Crippen LogP contribution in [-0.2, 0) is 4.74 Å². The van der Waals surface area contributed by atoms with Crippen LogP contribution in [-0.4, -0.2) is 29.7 Å². The Labute approximate surface area is 108 Å². The van der Waals surface area contributed by atoms with Gasteiger partial charge in [-0.2, -0.15) is 0 Å². The number of carbonyl (C=O) groups is 1. The average molecular weight is 264 g/mol. The van der Waals surface area contributed by atoms with Gasteiger partial charge in [0.25, 0.3) is 0 Å². The van der Waals surface area contributed by atoms with E-state index in [9.17, 15) is 4.79 Å². The smallest absolute Gasteiger partial charge is 0.357 e. The first-order valence-electron chi connectivity index (χ1n) is 5.38. The number of carbonyl (C=O) groups excluding carboxylic acids is 1. The molecule has 0 aliphatic carbocycles. The second-order valence-electron chi connectivity index (χ2n) is 3.32. The summed E-state index contributed by atoms with van der Waals surface area (Å²) in [4.78, 5) is 19.9. The number of hydrogen-bond acceptors (Lipinski definition) is 6. The van der Waals surface area contributed by atoms with Crippen LogP contribution in [0.15, 0.2) is 23.6 Å². The van der Waals surface area contributed by atoms with E-state index in [4.69, 9.17) is 9.47 Å². The highest BCUT2D eigenvalue weighted by Gasteiger charge is 2.13. The summed E-state index contributed by atoms with van der Waals surface area (Å²) in [7, 11) is 1.55. The summed E-state index contributed by atoms with van der Waals surface area (Å²) in [6, 6.07) is 5.40. The van der Waals surface area contributed by atoms with Crippen molar-refractivity contribution < 1.29 is 14.3 Å². The maximum atomic E-state index is 11.5. The number of ether oxygens (including phenoxy) is 2. The van der Waals surface area contributed by atoms with Gasteiger partial charge < -0.3 is 9.47 Å². The van der Waals surface area contributed by atoms with Crippen molar-refractivity contribution in [3.8, 4) is 16.6 Å². The van der Waals surface area contributed by atoms with Crippen LogP contribution in [0.4, 0.5) is 0 Å². The Hall–Kier alpha value is -1.95. The number of rotatable bonds is 4. The Morgan fingerprint density at radius 3 is 2.94 bits per heavy atom. The third-order valence-electron chi connectivity index (χ3n) is 2.14. The van der Waals surface area contributed by atoms with Gasteiger partial charge in [0.15, 0.2) is 5.69 Å². The number of esters is 1. The third-order valence-corrected chi connectivity index (χ3v) is 3.01. The molecule has 0 saturated heterocycles. The molecule has 0 N–H and O–H groups in total. The minimum atomic E-state index is -0.414. The van der Waals surface area contributed by atoms with E-state index >= 15 is 0 Å². The van der Waals surface area contributed by atoms with Gasteiger partial charge in [-0.3, -0.25) is 0 Å². The van der Waals surface area contributed by atoms with Crippen LogP contribution in [0.5, 0.6) is 5.88 Å². The molecule has 94 valence electrons. The third kappa shape index (κ3) is 2.65. The SMILES string of the molecule is CCOC(=O)c1csc(-c2cccc(OC)n2)n1. The first kappa shape index (κ1) is 12.5. The molecule has 0 aromatic carbocycles. The van der Waals surface area contributed by atoms with Crippen LogP contribution in [0.3, 0.4) is 0 Å². The Morgan fingerprint density at radius 2 is 2.22 bits per heavy atom. The maximum Gasteiger partial charge on any atom is 0.357 e. The second kappa shape index (κ2) is 5.59. The molecule has 2 aromatic rings. The van der Waals surface area contributed by atoms with Gasteiger partial charge in [-0.25, -0.2) is 14.8 Å². The average Bonchev–Trinajstić information content (AvgIpc) is 2.89. The molecule has 0 radical (unpaired) electrons. The highest BCUT2D eigenvalue weighted by molar-refractivity contribution is 7.13. The monoisotopic (exact) mass is 264 g/mol. The minimum absolute atomic E-state index is 0.307. The van der Waals surface area contributed by atoms with Crippen LogP contribution in [0.2, 0.25) is 0 Å². The van der Waals surface area contributed by atoms with Crippen molar-refractivity contribution in [2.75, 3.05) is 13.7 Å². The van der Waals surface area contributed by atoms with Crippen LogP contribution >= 0.6 is 11.3 Å². The fraction of sp³-hybridized carbons (Fsp3) is 0.250. The van der Waals surface area contributed by atoms with Gasteiger partial charge >= 0.3 is 5.97 Å². The van der Waals surface area contributed by atoms with Crippen molar-refractivity contribution in [3.05, 3.63) is 29.3 Å². The first-order valence-corrected chi connectivity index (χ1v) is 6.26. The first-order chi connectivity index (χ1) is 8.74. The zero-order chi connectivity index (χ0) is 13.0. The molecule has 0 unspecified atom stereocenters. The van der Waals surface area contributed by atoms with E-state index in [2.05, 4.69) is 9.97 Å². The number of thiazole rings is 1. The van der Waals surface area contributed by atoms with Gasteiger partial charge in [0.05, 0.1) is 13.7 Å². The van der Waals surface area contributed by atoms with E-state index in [-0.39, 0.29) is 0 Å². The predicted molar refractivity (Wildman–Crippen MR) is 67.9 cm³/mol. The molecule has 0 fully saturated rings. The highest BCUT2D eigenvalue weighted by atomic mass is 32.1. The lowest BCUT2D eigenvalue weighted by Crippen LogP contribution is -2.04. The van der Waals surface area contributed by atoms with Crippen LogP contribution in [0.1, 0.15) is 17.4 Å². The lowest BCUT2D eigenvalue weighted by Gasteiger charge is -2.00. The molecular formula is C12H12N2O3S. The van der Waals surface area contributed by atoms with Crippen LogP contribution in [0, 0.1) is 0 Å². The molecule has 2 aromatic heterocycles. The number of methoxy groups -OCH3 is 1. The van der Waals surface area contributed by atoms with Crippen molar-refractivity contribution >= 4 is 17.3 Å². The van der Waals surface area contributed by atoms with E-state index in [1.807, 2.05) is 12.1 Å². The van der Waals surface area contributed by atoms with Crippen molar-refractivity contribution in [2.24, 2.45) is 0 Å². The second-order valence-corrected chi connectivity index (χ2v) is 4.18. The molecular weight excluding hydrogens is 252 g/mol. The van der Waals surface area contributed by atoms with Gasteiger partial charge in [0.1, 0.15) is 10.7 Å². The van der Waals surface area contributed by atoms with Crippen LogP contribution < -0.4 is 4.74 Å². The number of pyridine rings is 1. The Morgan fingerprint density at radius 1 is 1.39 bits per heavy atom. The lowest BCUT2D eigenvalue weighted by atomic mass is 10.3. The summed E-state index contributed by atoms with van der Waals surface area (Å²) < 4.78 is 9.93. The van der Waals surface area contributed by atoms with E-state index in [0.717, 1.165) is 0 Å². The fourth-order valence-electron chi connectivity index (χ4n) is 1.34. The molecule has 0 atom stereocenters. The minimum Gasteiger partial charge on any atom is -0.481 e. The Bertz CT molecular complexity index is 554. The van der Waals surface area contributed by atoms with E-state index < -0.39 is 5.97 Å². The largest absolute Gasteiger partial charge is 0.481 e. The maximum absolute atomic E-state index is 11.5. The van der Waals surface area contributed by atoms with Crippen molar-refractivity contribution in [3.63, 3.8) is 0 Å². The molecule has 0 saturated carbocycles. The summed E-state index contributed by atoms with van der Waals surface area (Å²) >= 11 is 1.35. The predicted octanol–water partition coefficient (Wildman–Crippen LogP) is 2.39. The lowest BCUT2D eigenvalue weighted by molar-refractivity contribution is 0.0520. The molecule has 18 heavy (non-hydrogen) atoms. The van der Waals surface area contributed by atoms with E-state index in [1.54, 1.807) is 25.5 Å². The van der Waals surface area contributed by atoms with Gasteiger partial charge in [0, 0.05) is 11.4 Å². The topological polar surface area (TPSA) is 61.3 Å². The number of nitrogens with zero attached hydrogens (tertiary/aromatic N) is 2. The number of hydrogen-bond donors (Lipinski definition) is 0. The van der Waals surface area contributed by atoms with Crippen molar-refractivity contribution in [1.82, 2.24) is 9.97 Å². The molecule has 5 nitrogen and oxygen atoms in total. The Balaban J connectivity index is 2.26. The van der Waals surface area contributed by atoms with Gasteiger partial charge in [-0.1, -0.05) is 6.07 Å². The Kier molecular flexibility index (Phi) is 3.88. The van der Waals surface area contributed by atoms with Crippen molar-refractivity contribution in [2.45, 2.75) is 6.92 Å². The zero-order valence-electron chi connectivity index (χ0n) is 10.0. The summed E-state index contributed by atoms with van der Waals surface area (Å²) in [6.45, 7) is 2.10. The van der Waals surface area contributed by atoms with Crippen molar-refractivity contribution in [1.29, 1.82) is 0 Å². The quantitative estimate of drug-likeness (QED) is 0.793. The summed E-state index contributed by atoms with van der Waals surface area (Å²) in [5.74, 6) is 0.100. The summed E-state index contributed by atoms with van der Waals surface area (Å²) in [5.41, 5.74) is 0.983. The van der Waals surface area contributed by atoms with Gasteiger partial charge in [-0.15, -0.1) is 11.3 Å². The standard InChI is InChI=1S/C12H12N2O3S/c1-3-17-12(15)9-7-18-11(14-9)8-5-4-6-10(13-8)16-2/h4-7H,3H2,1-2H3. The molecule has 0 aliphatic heterocycles. The van der Waals surface area contributed by atoms with Gasteiger partial charge in [0.2, 0.25) is 5.88 Å². The molecule has 0 amide bonds. The number of aromatic nitrogens is 2. The van der Waals surface area contributed by atoms with E-state index in [0.29, 0.717) is 28.9 Å².